The second-order valence-corrected chi connectivity index (χ2v) is 8.48. The zero-order valence-corrected chi connectivity index (χ0v) is 18.4. The molecule has 1 aromatic rings. The molecule has 2 saturated heterocycles. The maximum absolute atomic E-state index is 6.12. The lowest BCUT2D eigenvalue weighted by Crippen LogP contribution is -2.40. The highest BCUT2D eigenvalue weighted by Gasteiger charge is 2.28. The molecule has 0 atom stereocenters. The van der Waals surface area contributed by atoms with Crippen molar-refractivity contribution < 1.29 is 9.47 Å². The van der Waals surface area contributed by atoms with Gasteiger partial charge in [0.2, 0.25) is 0 Å². The smallest absolute Gasteiger partial charge is 0.160 e. The van der Waals surface area contributed by atoms with E-state index >= 15 is 0 Å². The summed E-state index contributed by atoms with van der Waals surface area (Å²) >= 11 is 0. The maximum Gasteiger partial charge on any atom is 0.160 e. The van der Waals surface area contributed by atoms with Crippen molar-refractivity contribution >= 4 is 5.82 Å². The van der Waals surface area contributed by atoms with Crippen LogP contribution in [0.2, 0.25) is 0 Å². The number of hydrogen-bond donors (Lipinski definition) is 1. The van der Waals surface area contributed by atoms with Crippen molar-refractivity contribution in [3.05, 3.63) is 17.8 Å². The molecular formula is C23H40N4O2. The minimum absolute atomic E-state index is 0.0522. The monoisotopic (exact) mass is 404 g/mol. The molecule has 2 aliphatic rings. The fraction of sp³-hybridized carbons (Fsp3) is 0.826. The molecule has 1 aromatic heterocycles. The highest BCUT2D eigenvalue weighted by Crippen LogP contribution is 2.28. The standard InChI is InChI=1S/C23H40N4O2/c1-3-5-17-28-23(29-18-6-4-2)20-11-15-27(16-12-20)22-8-7-21(25-26-22)19-9-13-24-14-10-19/h7-8,19-20,23-24H,3-6,9-18H2,1-2H3. The third-order valence-corrected chi connectivity index (χ3v) is 6.24. The molecule has 0 spiro atoms. The predicted molar refractivity (Wildman–Crippen MR) is 117 cm³/mol. The molecule has 2 aliphatic heterocycles. The molecule has 0 aromatic carbocycles. The summed E-state index contributed by atoms with van der Waals surface area (Å²) in [6, 6.07) is 4.35. The van der Waals surface area contributed by atoms with E-state index in [1.165, 1.54) is 0 Å². The minimum atomic E-state index is -0.0522. The van der Waals surface area contributed by atoms with Gasteiger partial charge in [0.1, 0.15) is 0 Å². The number of nitrogens with one attached hydrogen (secondary N) is 1. The molecule has 0 radical (unpaired) electrons. The number of unbranched alkanes of at least 4 members (excludes halogenated alkanes) is 2. The van der Waals surface area contributed by atoms with Crippen LogP contribution in [0.4, 0.5) is 5.82 Å². The van der Waals surface area contributed by atoms with Gasteiger partial charge in [0.05, 0.1) is 5.69 Å². The summed E-state index contributed by atoms with van der Waals surface area (Å²) in [5, 5.41) is 12.5. The van der Waals surface area contributed by atoms with Gasteiger partial charge in [0.25, 0.3) is 0 Å². The van der Waals surface area contributed by atoms with Crippen LogP contribution in [0.5, 0.6) is 0 Å². The van der Waals surface area contributed by atoms with Crippen LogP contribution in [0, 0.1) is 5.92 Å². The lowest BCUT2D eigenvalue weighted by atomic mass is 9.94. The number of aromatic nitrogens is 2. The molecule has 3 heterocycles. The fourth-order valence-electron chi connectivity index (χ4n) is 4.25. The van der Waals surface area contributed by atoms with Crippen molar-refractivity contribution in [2.45, 2.75) is 77.4 Å². The molecule has 0 amide bonds. The van der Waals surface area contributed by atoms with E-state index in [1.807, 2.05) is 0 Å². The van der Waals surface area contributed by atoms with Crippen LogP contribution in [-0.4, -0.2) is 55.9 Å². The van der Waals surface area contributed by atoms with Gasteiger partial charge in [-0.3, -0.25) is 0 Å². The molecule has 0 bridgehead atoms. The average Bonchev–Trinajstić information content (AvgIpc) is 2.79. The van der Waals surface area contributed by atoms with Gasteiger partial charge in [-0.15, -0.1) is 5.10 Å². The number of rotatable bonds is 11. The first-order valence-corrected chi connectivity index (χ1v) is 11.8. The largest absolute Gasteiger partial charge is 0.355 e. The van der Waals surface area contributed by atoms with Crippen LogP contribution in [0.15, 0.2) is 12.1 Å². The van der Waals surface area contributed by atoms with Gasteiger partial charge in [-0.25, -0.2) is 0 Å². The Hall–Kier alpha value is -1.24. The van der Waals surface area contributed by atoms with Crippen LogP contribution in [0.3, 0.4) is 0 Å². The summed E-state index contributed by atoms with van der Waals surface area (Å²) < 4.78 is 12.2. The first kappa shape index (κ1) is 22.4. The van der Waals surface area contributed by atoms with Crippen molar-refractivity contribution in [2.24, 2.45) is 5.92 Å². The Kier molecular flexibility index (Phi) is 9.64. The van der Waals surface area contributed by atoms with Crippen LogP contribution < -0.4 is 10.2 Å². The lowest BCUT2D eigenvalue weighted by molar-refractivity contribution is -0.177. The summed E-state index contributed by atoms with van der Waals surface area (Å²) in [5.74, 6) is 2.04. The Morgan fingerprint density at radius 1 is 0.966 bits per heavy atom. The van der Waals surface area contributed by atoms with E-state index < -0.39 is 0 Å². The van der Waals surface area contributed by atoms with Crippen LogP contribution in [0.25, 0.3) is 0 Å². The lowest BCUT2D eigenvalue weighted by Gasteiger charge is -2.36. The summed E-state index contributed by atoms with van der Waals surface area (Å²) in [4.78, 5) is 2.37. The van der Waals surface area contributed by atoms with Crippen molar-refractivity contribution in [2.75, 3.05) is 44.3 Å². The number of piperidine rings is 2. The quantitative estimate of drug-likeness (QED) is 0.442. The third-order valence-electron chi connectivity index (χ3n) is 6.24. The molecule has 29 heavy (non-hydrogen) atoms. The molecular weight excluding hydrogens is 364 g/mol. The van der Waals surface area contributed by atoms with E-state index in [0.29, 0.717) is 11.8 Å². The molecule has 0 aliphatic carbocycles. The highest BCUT2D eigenvalue weighted by molar-refractivity contribution is 5.38. The van der Waals surface area contributed by atoms with E-state index in [1.54, 1.807) is 0 Å². The Bertz CT molecular complexity index is 545. The number of nitrogens with zero attached hydrogens (tertiary/aromatic N) is 3. The van der Waals surface area contributed by atoms with Crippen molar-refractivity contribution in [3.8, 4) is 0 Å². The Morgan fingerprint density at radius 3 is 2.17 bits per heavy atom. The summed E-state index contributed by atoms with van der Waals surface area (Å²) in [6.07, 6.45) is 8.97. The predicted octanol–water partition coefficient (Wildman–Crippen LogP) is 4.12. The van der Waals surface area contributed by atoms with E-state index in [0.717, 1.165) is 102 Å². The first-order valence-electron chi connectivity index (χ1n) is 11.8. The van der Waals surface area contributed by atoms with Gasteiger partial charge in [-0.2, -0.15) is 5.10 Å². The maximum atomic E-state index is 6.12. The number of ether oxygens (including phenoxy) is 2. The molecule has 6 heteroatoms. The summed E-state index contributed by atoms with van der Waals surface area (Å²) in [7, 11) is 0. The van der Waals surface area contributed by atoms with Crippen molar-refractivity contribution in [3.63, 3.8) is 0 Å². The second kappa shape index (κ2) is 12.5. The molecule has 1 N–H and O–H groups in total. The topological polar surface area (TPSA) is 59.5 Å². The normalized spacial score (nSPS) is 19.2. The first-order chi connectivity index (χ1) is 14.3. The number of anilines is 1. The summed E-state index contributed by atoms with van der Waals surface area (Å²) in [5.41, 5.74) is 1.15. The van der Waals surface area contributed by atoms with Crippen molar-refractivity contribution in [1.82, 2.24) is 15.5 Å². The zero-order chi connectivity index (χ0) is 20.3. The zero-order valence-electron chi connectivity index (χ0n) is 18.4. The Labute approximate surface area is 176 Å². The van der Waals surface area contributed by atoms with E-state index in [-0.39, 0.29) is 6.29 Å². The van der Waals surface area contributed by atoms with Crippen LogP contribution in [-0.2, 0) is 9.47 Å². The molecule has 3 rings (SSSR count). The fourth-order valence-corrected chi connectivity index (χ4v) is 4.25. The van der Waals surface area contributed by atoms with Gasteiger partial charge in [-0.1, -0.05) is 26.7 Å². The molecule has 164 valence electrons. The van der Waals surface area contributed by atoms with Gasteiger partial charge in [-0.05, 0) is 63.7 Å². The highest BCUT2D eigenvalue weighted by atomic mass is 16.7. The van der Waals surface area contributed by atoms with Crippen LogP contribution in [0.1, 0.15) is 76.8 Å². The molecule has 0 unspecified atom stereocenters. The van der Waals surface area contributed by atoms with E-state index in [4.69, 9.17) is 9.47 Å². The third kappa shape index (κ3) is 6.90. The van der Waals surface area contributed by atoms with Gasteiger partial charge < -0.3 is 19.7 Å². The second-order valence-electron chi connectivity index (χ2n) is 8.48. The molecule has 6 nitrogen and oxygen atoms in total. The molecule has 0 saturated carbocycles. The van der Waals surface area contributed by atoms with Gasteiger partial charge in [0, 0.05) is 38.1 Å². The number of hydrogen-bond acceptors (Lipinski definition) is 6. The van der Waals surface area contributed by atoms with Crippen molar-refractivity contribution in [1.29, 1.82) is 0 Å². The van der Waals surface area contributed by atoms with E-state index in [2.05, 4.69) is 46.4 Å². The van der Waals surface area contributed by atoms with E-state index in [9.17, 15) is 0 Å². The van der Waals surface area contributed by atoms with Gasteiger partial charge in [0.15, 0.2) is 12.1 Å². The average molecular weight is 405 g/mol. The summed E-state index contributed by atoms with van der Waals surface area (Å²) in [6.45, 7) is 10.2. The molecule has 2 fully saturated rings. The van der Waals surface area contributed by atoms with Crippen LogP contribution >= 0.6 is 0 Å². The van der Waals surface area contributed by atoms with Gasteiger partial charge >= 0.3 is 0 Å². The Morgan fingerprint density at radius 2 is 1.62 bits per heavy atom. The SMILES string of the molecule is CCCCOC(OCCCC)C1CCN(c2ccc(C3CCNCC3)nn2)CC1. The minimum Gasteiger partial charge on any atom is -0.355 e. The Balaban J connectivity index is 1.49.